The van der Waals surface area contributed by atoms with Crippen LogP contribution in [0.3, 0.4) is 0 Å². The summed E-state index contributed by atoms with van der Waals surface area (Å²) in [5.74, 6) is 0. The zero-order chi connectivity index (χ0) is 22.9. The van der Waals surface area contributed by atoms with Crippen LogP contribution in [-0.4, -0.2) is 0 Å². The van der Waals surface area contributed by atoms with Crippen molar-refractivity contribution in [1.29, 1.82) is 0 Å². The summed E-state index contributed by atoms with van der Waals surface area (Å²) in [6.07, 6.45) is 6.69. The first-order valence-corrected chi connectivity index (χ1v) is 11.2. The van der Waals surface area contributed by atoms with Gasteiger partial charge in [-0.05, 0) is 50.3 Å². The van der Waals surface area contributed by atoms with Crippen molar-refractivity contribution in [2.75, 3.05) is 0 Å². The Hall–Kier alpha value is -2.34. The normalized spacial score (nSPS) is 13.7. The second kappa shape index (κ2) is 11.2. The molecule has 0 aliphatic heterocycles. The molecule has 0 aliphatic rings. The maximum absolute atomic E-state index is 3.00. The van der Waals surface area contributed by atoms with E-state index in [1.165, 1.54) is 33.4 Å². The molecule has 1 atom stereocenters. The van der Waals surface area contributed by atoms with E-state index in [0.29, 0.717) is 0 Å². The lowest BCUT2D eigenvalue weighted by Crippen LogP contribution is -2.24. The zero-order valence-corrected chi connectivity index (χ0v) is 20.6. The van der Waals surface area contributed by atoms with Crippen LogP contribution in [0.4, 0.5) is 0 Å². The summed E-state index contributed by atoms with van der Waals surface area (Å²) in [7, 11) is 0. The summed E-state index contributed by atoms with van der Waals surface area (Å²) in [6, 6.07) is 18.4. The van der Waals surface area contributed by atoms with Gasteiger partial charge in [0, 0.05) is 10.8 Å². The van der Waals surface area contributed by atoms with Gasteiger partial charge >= 0.3 is 0 Å². The standard InChI is InChI=1S/C28H38.C2H4/c1-9-23(14-11-21(3)4)27(6,7)24-17-19-26(20-18-24)28(8,10-2)25-15-12-22(5)13-16-25;1-2/h11-20H,9-10H2,1-8H3;1-2H2/b23-14+;. The third-order valence-electron chi connectivity index (χ3n) is 6.44. The molecule has 0 saturated carbocycles. The lowest BCUT2D eigenvalue weighted by molar-refractivity contribution is 0.547. The van der Waals surface area contributed by atoms with E-state index in [4.69, 9.17) is 0 Å². The molecule has 2 aromatic rings. The topological polar surface area (TPSA) is 0 Å². The van der Waals surface area contributed by atoms with Gasteiger partial charge in [0.05, 0.1) is 0 Å². The van der Waals surface area contributed by atoms with E-state index >= 15 is 0 Å². The van der Waals surface area contributed by atoms with E-state index in [1.807, 2.05) is 0 Å². The van der Waals surface area contributed by atoms with Crippen molar-refractivity contribution in [3.8, 4) is 0 Å². The number of aryl methyl sites for hydroxylation is 1. The molecule has 162 valence electrons. The van der Waals surface area contributed by atoms with E-state index in [1.54, 1.807) is 0 Å². The first-order chi connectivity index (χ1) is 14.1. The van der Waals surface area contributed by atoms with Gasteiger partial charge in [0.1, 0.15) is 0 Å². The van der Waals surface area contributed by atoms with Gasteiger partial charge in [0.15, 0.2) is 0 Å². The molecule has 0 bridgehead atoms. The van der Waals surface area contributed by atoms with Gasteiger partial charge in [-0.25, -0.2) is 0 Å². The molecule has 0 spiro atoms. The maximum atomic E-state index is 3.00. The van der Waals surface area contributed by atoms with Crippen molar-refractivity contribution in [3.05, 3.63) is 107 Å². The van der Waals surface area contributed by atoms with Gasteiger partial charge in [-0.15, -0.1) is 13.2 Å². The number of hydrogen-bond acceptors (Lipinski definition) is 0. The molecule has 0 heterocycles. The molecular formula is C30H42. The number of benzene rings is 2. The van der Waals surface area contributed by atoms with Crippen LogP contribution in [-0.2, 0) is 10.8 Å². The minimum Gasteiger partial charge on any atom is -0.106 e. The fourth-order valence-corrected chi connectivity index (χ4v) is 3.97. The van der Waals surface area contributed by atoms with Crippen molar-refractivity contribution in [2.24, 2.45) is 0 Å². The Morgan fingerprint density at radius 1 is 0.767 bits per heavy atom. The lowest BCUT2D eigenvalue weighted by Gasteiger charge is -2.32. The lowest BCUT2D eigenvalue weighted by atomic mass is 9.72. The van der Waals surface area contributed by atoms with E-state index < -0.39 is 0 Å². The van der Waals surface area contributed by atoms with Crippen LogP contribution in [0.15, 0.2) is 85.0 Å². The van der Waals surface area contributed by atoms with Gasteiger partial charge in [-0.1, -0.05) is 112 Å². The summed E-state index contributed by atoms with van der Waals surface area (Å²) in [4.78, 5) is 0. The highest BCUT2D eigenvalue weighted by Gasteiger charge is 2.29. The predicted molar refractivity (Wildman–Crippen MR) is 136 cm³/mol. The highest BCUT2D eigenvalue weighted by atomic mass is 14.3. The highest BCUT2D eigenvalue weighted by molar-refractivity contribution is 5.43. The summed E-state index contributed by atoms with van der Waals surface area (Å²) < 4.78 is 0. The van der Waals surface area contributed by atoms with Gasteiger partial charge in [0.2, 0.25) is 0 Å². The summed E-state index contributed by atoms with van der Waals surface area (Å²) in [5.41, 5.74) is 8.37. The molecule has 0 N–H and O–H groups in total. The van der Waals surface area contributed by atoms with Crippen molar-refractivity contribution in [1.82, 2.24) is 0 Å². The molecule has 0 radical (unpaired) electrons. The summed E-state index contributed by atoms with van der Waals surface area (Å²) in [6.45, 7) is 24.1. The van der Waals surface area contributed by atoms with Crippen molar-refractivity contribution < 1.29 is 0 Å². The molecular weight excluding hydrogens is 360 g/mol. The van der Waals surface area contributed by atoms with Gasteiger partial charge in [0.25, 0.3) is 0 Å². The number of allylic oxidation sites excluding steroid dienone is 4. The average Bonchev–Trinajstić information content (AvgIpc) is 2.75. The summed E-state index contributed by atoms with van der Waals surface area (Å²) >= 11 is 0. The quantitative estimate of drug-likeness (QED) is 0.320. The van der Waals surface area contributed by atoms with Crippen LogP contribution in [0.5, 0.6) is 0 Å². The minimum absolute atomic E-state index is 0.0334. The molecule has 0 aliphatic carbocycles. The largest absolute Gasteiger partial charge is 0.106 e. The Balaban J connectivity index is 0.00000218. The molecule has 0 saturated heterocycles. The van der Waals surface area contributed by atoms with Gasteiger partial charge in [-0.3, -0.25) is 0 Å². The molecule has 2 rings (SSSR count). The Morgan fingerprint density at radius 2 is 1.20 bits per heavy atom. The van der Waals surface area contributed by atoms with Crippen LogP contribution in [0.1, 0.15) is 83.6 Å². The van der Waals surface area contributed by atoms with Gasteiger partial charge in [-0.2, -0.15) is 0 Å². The molecule has 0 amide bonds. The second-order valence-electron chi connectivity index (χ2n) is 9.04. The molecule has 0 heteroatoms. The van der Waals surface area contributed by atoms with E-state index in [-0.39, 0.29) is 10.8 Å². The van der Waals surface area contributed by atoms with Crippen LogP contribution in [0.2, 0.25) is 0 Å². The van der Waals surface area contributed by atoms with Gasteiger partial charge < -0.3 is 0 Å². The fraction of sp³-hybridized carbons (Fsp3) is 0.400. The fourth-order valence-electron chi connectivity index (χ4n) is 3.97. The molecule has 0 nitrogen and oxygen atoms in total. The van der Waals surface area contributed by atoms with Crippen LogP contribution in [0, 0.1) is 6.92 Å². The minimum atomic E-state index is 0.0334. The zero-order valence-electron chi connectivity index (χ0n) is 20.6. The average molecular weight is 403 g/mol. The third kappa shape index (κ3) is 5.85. The van der Waals surface area contributed by atoms with Crippen LogP contribution in [0.25, 0.3) is 0 Å². The smallest absolute Gasteiger partial charge is 0.0172 e. The van der Waals surface area contributed by atoms with Crippen molar-refractivity contribution in [3.63, 3.8) is 0 Å². The van der Waals surface area contributed by atoms with Crippen LogP contribution < -0.4 is 0 Å². The van der Waals surface area contributed by atoms with Crippen LogP contribution >= 0.6 is 0 Å². The molecule has 30 heavy (non-hydrogen) atoms. The molecule has 0 aromatic heterocycles. The monoisotopic (exact) mass is 402 g/mol. The SMILES string of the molecule is C=C.CC/C(=C\C=C(C)C)C(C)(C)c1ccc(C(C)(CC)c2ccc(C)cc2)cc1. The molecule has 2 aromatic carbocycles. The first kappa shape index (κ1) is 25.7. The Morgan fingerprint density at radius 3 is 1.60 bits per heavy atom. The Kier molecular flexibility index (Phi) is 9.56. The number of hydrogen-bond donors (Lipinski definition) is 0. The number of rotatable bonds is 7. The molecule has 0 fully saturated rings. The second-order valence-corrected chi connectivity index (χ2v) is 9.04. The van der Waals surface area contributed by atoms with E-state index in [2.05, 4.69) is 129 Å². The third-order valence-corrected chi connectivity index (χ3v) is 6.44. The van der Waals surface area contributed by atoms with Crippen molar-refractivity contribution >= 4 is 0 Å². The summed E-state index contributed by atoms with van der Waals surface area (Å²) in [5, 5.41) is 0. The highest BCUT2D eigenvalue weighted by Crippen LogP contribution is 2.38. The Labute approximate surface area is 186 Å². The van der Waals surface area contributed by atoms with E-state index in [9.17, 15) is 0 Å². The Bertz CT molecular complexity index is 840. The predicted octanol–water partition coefficient (Wildman–Crippen LogP) is 9.09. The van der Waals surface area contributed by atoms with E-state index in [0.717, 1.165) is 12.8 Å². The maximum Gasteiger partial charge on any atom is 0.0172 e. The first-order valence-electron chi connectivity index (χ1n) is 11.2. The molecule has 1 unspecified atom stereocenters. The van der Waals surface area contributed by atoms with Crippen molar-refractivity contribution in [2.45, 2.75) is 79.1 Å².